The predicted molar refractivity (Wildman–Crippen MR) is 62.6 cm³/mol. The van der Waals surface area contributed by atoms with E-state index >= 15 is 0 Å². The van der Waals surface area contributed by atoms with E-state index in [1.807, 2.05) is 6.07 Å². The second kappa shape index (κ2) is 4.94. The summed E-state index contributed by atoms with van der Waals surface area (Å²) >= 11 is 0. The Labute approximate surface area is 91.1 Å². The molecule has 15 heavy (non-hydrogen) atoms. The van der Waals surface area contributed by atoms with Gasteiger partial charge in [0.25, 0.3) is 0 Å². The van der Waals surface area contributed by atoms with Crippen LogP contribution < -0.4 is 0 Å². The molecule has 0 N–H and O–H groups in total. The molecule has 1 heteroatoms. The van der Waals surface area contributed by atoms with Crippen molar-refractivity contribution in [3.8, 4) is 0 Å². The van der Waals surface area contributed by atoms with Gasteiger partial charge in [0.15, 0.2) is 0 Å². The summed E-state index contributed by atoms with van der Waals surface area (Å²) in [6.07, 6.45) is 9.01. The zero-order valence-corrected chi connectivity index (χ0v) is 9.02. The summed E-state index contributed by atoms with van der Waals surface area (Å²) in [7, 11) is 1.76. The highest BCUT2D eigenvalue weighted by molar-refractivity contribution is 5.34. The zero-order chi connectivity index (χ0) is 10.5. The summed E-state index contributed by atoms with van der Waals surface area (Å²) in [5, 5.41) is 0. The molecular weight excluding hydrogens is 184 g/mol. The molecule has 1 aromatic carbocycles. The van der Waals surface area contributed by atoms with Crippen molar-refractivity contribution >= 4 is 0 Å². The number of allylic oxidation sites excluding steroid dienone is 2. The SMILES string of the molecule is COC(C1=CCCC=C1)c1ccccc1. The van der Waals surface area contributed by atoms with Gasteiger partial charge in [0, 0.05) is 7.11 Å². The van der Waals surface area contributed by atoms with Crippen LogP contribution in [0.4, 0.5) is 0 Å². The zero-order valence-electron chi connectivity index (χ0n) is 9.02. The molecule has 78 valence electrons. The van der Waals surface area contributed by atoms with Crippen LogP contribution in [0.5, 0.6) is 0 Å². The lowest BCUT2D eigenvalue weighted by Gasteiger charge is -2.19. The van der Waals surface area contributed by atoms with Crippen LogP contribution in [0.3, 0.4) is 0 Å². The molecule has 1 aromatic rings. The molecule has 1 aliphatic rings. The van der Waals surface area contributed by atoms with Crippen molar-refractivity contribution in [1.82, 2.24) is 0 Å². The smallest absolute Gasteiger partial charge is 0.107 e. The van der Waals surface area contributed by atoms with E-state index in [9.17, 15) is 0 Å². The third-order valence-corrected chi connectivity index (χ3v) is 2.66. The van der Waals surface area contributed by atoms with E-state index in [-0.39, 0.29) is 6.10 Å². The van der Waals surface area contributed by atoms with E-state index in [4.69, 9.17) is 4.74 Å². The van der Waals surface area contributed by atoms with Gasteiger partial charge in [-0.05, 0) is 24.0 Å². The average molecular weight is 200 g/mol. The third kappa shape index (κ3) is 2.37. The number of benzene rings is 1. The van der Waals surface area contributed by atoms with Crippen LogP contribution >= 0.6 is 0 Å². The highest BCUT2D eigenvalue weighted by Crippen LogP contribution is 2.28. The number of hydrogen-bond donors (Lipinski definition) is 0. The van der Waals surface area contributed by atoms with Gasteiger partial charge in [-0.2, -0.15) is 0 Å². The van der Waals surface area contributed by atoms with Gasteiger partial charge in [-0.25, -0.2) is 0 Å². The second-order valence-electron chi connectivity index (χ2n) is 3.71. The van der Waals surface area contributed by atoms with E-state index in [0.29, 0.717) is 0 Å². The Hall–Kier alpha value is -1.34. The summed E-state index contributed by atoms with van der Waals surface area (Å²) < 4.78 is 5.56. The van der Waals surface area contributed by atoms with Crippen LogP contribution in [0.25, 0.3) is 0 Å². The summed E-state index contributed by atoms with van der Waals surface area (Å²) in [6.45, 7) is 0. The normalized spacial score (nSPS) is 17.3. The van der Waals surface area contributed by atoms with E-state index in [1.165, 1.54) is 11.1 Å². The first-order valence-corrected chi connectivity index (χ1v) is 5.36. The van der Waals surface area contributed by atoms with Crippen molar-refractivity contribution in [2.45, 2.75) is 18.9 Å². The van der Waals surface area contributed by atoms with Crippen molar-refractivity contribution in [3.05, 3.63) is 59.7 Å². The number of hydrogen-bond acceptors (Lipinski definition) is 1. The molecule has 0 saturated heterocycles. The molecular formula is C14H16O. The average Bonchev–Trinajstić information content (AvgIpc) is 2.33. The van der Waals surface area contributed by atoms with Crippen LogP contribution in [0.1, 0.15) is 24.5 Å². The molecule has 0 bridgehead atoms. The van der Waals surface area contributed by atoms with Crippen LogP contribution in [0.15, 0.2) is 54.1 Å². The predicted octanol–water partition coefficient (Wildman–Crippen LogP) is 3.65. The van der Waals surface area contributed by atoms with Crippen LogP contribution in [-0.2, 0) is 4.74 Å². The molecule has 0 heterocycles. The Balaban J connectivity index is 2.24. The van der Waals surface area contributed by atoms with E-state index in [1.54, 1.807) is 7.11 Å². The van der Waals surface area contributed by atoms with Gasteiger partial charge in [0.05, 0.1) is 0 Å². The monoisotopic (exact) mass is 200 g/mol. The summed E-state index contributed by atoms with van der Waals surface area (Å²) in [6, 6.07) is 10.3. The quantitative estimate of drug-likeness (QED) is 0.723. The van der Waals surface area contributed by atoms with E-state index < -0.39 is 0 Å². The molecule has 0 aliphatic heterocycles. The van der Waals surface area contributed by atoms with Gasteiger partial charge in [0.1, 0.15) is 6.10 Å². The lowest BCUT2D eigenvalue weighted by molar-refractivity contribution is 0.135. The Morgan fingerprint density at radius 1 is 1.13 bits per heavy atom. The van der Waals surface area contributed by atoms with Gasteiger partial charge < -0.3 is 4.74 Å². The van der Waals surface area contributed by atoms with Crippen LogP contribution in [0.2, 0.25) is 0 Å². The Morgan fingerprint density at radius 3 is 2.53 bits per heavy atom. The molecule has 0 radical (unpaired) electrons. The summed E-state index contributed by atoms with van der Waals surface area (Å²) in [5.41, 5.74) is 2.49. The maximum absolute atomic E-state index is 5.56. The maximum Gasteiger partial charge on any atom is 0.107 e. The Kier molecular flexibility index (Phi) is 3.36. The molecule has 0 amide bonds. The molecule has 1 atom stereocenters. The Bertz CT molecular complexity index is 362. The largest absolute Gasteiger partial charge is 0.372 e. The molecule has 2 rings (SSSR count). The van der Waals surface area contributed by atoms with Gasteiger partial charge in [-0.1, -0.05) is 48.6 Å². The standard InChI is InChI=1S/C14H16O/c1-15-14(12-8-4-2-5-9-12)13-10-6-3-7-11-13/h2,4-6,8-11,14H,3,7H2,1H3. The van der Waals surface area contributed by atoms with Crippen LogP contribution in [0, 0.1) is 0 Å². The fraction of sp³-hybridized carbons (Fsp3) is 0.286. The highest BCUT2D eigenvalue weighted by atomic mass is 16.5. The molecule has 0 fully saturated rings. The molecule has 0 spiro atoms. The van der Waals surface area contributed by atoms with Gasteiger partial charge in [-0.3, -0.25) is 0 Å². The Morgan fingerprint density at radius 2 is 1.93 bits per heavy atom. The lowest BCUT2D eigenvalue weighted by Crippen LogP contribution is -2.04. The molecule has 0 aromatic heterocycles. The first-order valence-electron chi connectivity index (χ1n) is 5.36. The first kappa shape index (κ1) is 10.2. The van der Waals surface area contributed by atoms with E-state index in [0.717, 1.165) is 12.8 Å². The van der Waals surface area contributed by atoms with Crippen molar-refractivity contribution in [2.75, 3.05) is 7.11 Å². The fourth-order valence-corrected chi connectivity index (χ4v) is 1.92. The maximum atomic E-state index is 5.56. The molecule has 1 aliphatic carbocycles. The molecule has 0 saturated carbocycles. The topological polar surface area (TPSA) is 9.23 Å². The lowest BCUT2D eigenvalue weighted by atomic mass is 9.97. The third-order valence-electron chi connectivity index (χ3n) is 2.66. The summed E-state index contributed by atoms with van der Waals surface area (Å²) in [4.78, 5) is 0. The number of methoxy groups -OCH3 is 1. The number of rotatable bonds is 3. The number of ether oxygens (including phenoxy) is 1. The molecule has 1 unspecified atom stereocenters. The van der Waals surface area contributed by atoms with E-state index in [2.05, 4.69) is 42.5 Å². The van der Waals surface area contributed by atoms with Gasteiger partial charge >= 0.3 is 0 Å². The minimum atomic E-state index is 0.0859. The highest BCUT2D eigenvalue weighted by Gasteiger charge is 2.14. The van der Waals surface area contributed by atoms with Crippen molar-refractivity contribution in [2.24, 2.45) is 0 Å². The van der Waals surface area contributed by atoms with Gasteiger partial charge in [-0.15, -0.1) is 0 Å². The van der Waals surface area contributed by atoms with Crippen LogP contribution in [-0.4, -0.2) is 7.11 Å². The van der Waals surface area contributed by atoms with Crippen molar-refractivity contribution < 1.29 is 4.74 Å². The van der Waals surface area contributed by atoms with Crippen molar-refractivity contribution in [1.29, 1.82) is 0 Å². The van der Waals surface area contributed by atoms with Gasteiger partial charge in [0.2, 0.25) is 0 Å². The minimum Gasteiger partial charge on any atom is -0.372 e. The fourth-order valence-electron chi connectivity index (χ4n) is 1.92. The minimum absolute atomic E-state index is 0.0859. The van der Waals surface area contributed by atoms with Crippen molar-refractivity contribution in [3.63, 3.8) is 0 Å². The second-order valence-corrected chi connectivity index (χ2v) is 3.71. The first-order chi connectivity index (χ1) is 7.42. The summed E-state index contributed by atoms with van der Waals surface area (Å²) in [5.74, 6) is 0. The molecule has 1 nitrogen and oxygen atoms in total.